The summed E-state index contributed by atoms with van der Waals surface area (Å²) in [6.45, 7) is 1.38. The third-order valence-corrected chi connectivity index (χ3v) is 4.83. The van der Waals surface area contributed by atoms with E-state index in [-0.39, 0.29) is 11.6 Å². The molecule has 5 nitrogen and oxygen atoms in total. The second kappa shape index (κ2) is 7.13. The molecule has 3 rings (SSSR count). The zero-order valence-electron chi connectivity index (χ0n) is 13.0. The van der Waals surface area contributed by atoms with Crippen molar-refractivity contribution in [1.82, 2.24) is 9.88 Å². The number of carbonyl (C=O) groups is 2. The number of aromatic nitrogens is 1. The minimum atomic E-state index is -1.09. The SMILES string of the molecule is O=C(O)c1ccc(C(=O)N2CCC(c3cccc(Br)c3)CC2)cn1. The lowest BCUT2D eigenvalue weighted by atomic mass is 9.89. The fraction of sp³-hybridized carbons (Fsp3) is 0.278. The van der Waals surface area contributed by atoms with Gasteiger partial charge in [0.25, 0.3) is 5.91 Å². The predicted molar refractivity (Wildman–Crippen MR) is 93.2 cm³/mol. The molecule has 1 fully saturated rings. The van der Waals surface area contributed by atoms with E-state index in [2.05, 4.69) is 33.0 Å². The number of carboxylic acids is 1. The van der Waals surface area contributed by atoms with Crippen molar-refractivity contribution < 1.29 is 14.7 Å². The van der Waals surface area contributed by atoms with Crippen molar-refractivity contribution in [2.75, 3.05) is 13.1 Å². The number of rotatable bonds is 3. The van der Waals surface area contributed by atoms with E-state index in [1.165, 1.54) is 23.9 Å². The van der Waals surface area contributed by atoms with Gasteiger partial charge >= 0.3 is 5.97 Å². The average molecular weight is 389 g/mol. The zero-order valence-corrected chi connectivity index (χ0v) is 14.6. The van der Waals surface area contributed by atoms with E-state index in [1.807, 2.05) is 17.0 Å². The van der Waals surface area contributed by atoms with Gasteiger partial charge in [-0.25, -0.2) is 9.78 Å². The van der Waals surface area contributed by atoms with E-state index in [9.17, 15) is 9.59 Å². The van der Waals surface area contributed by atoms with Crippen LogP contribution in [0.5, 0.6) is 0 Å². The Morgan fingerprint density at radius 2 is 1.92 bits per heavy atom. The molecule has 0 atom stereocenters. The van der Waals surface area contributed by atoms with E-state index in [0.29, 0.717) is 24.6 Å². The summed E-state index contributed by atoms with van der Waals surface area (Å²) < 4.78 is 1.07. The third kappa shape index (κ3) is 3.64. The number of hydrogen-bond donors (Lipinski definition) is 1. The van der Waals surface area contributed by atoms with Crippen LogP contribution in [0.4, 0.5) is 0 Å². The van der Waals surface area contributed by atoms with Crippen molar-refractivity contribution in [3.63, 3.8) is 0 Å². The summed E-state index contributed by atoms with van der Waals surface area (Å²) in [5.74, 6) is -0.727. The van der Waals surface area contributed by atoms with Gasteiger partial charge in [0.15, 0.2) is 0 Å². The van der Waals surface area contributed by atoms with Gasteiger partial charge in [-0.2, -0.15) is 0 Å². The molecule has 1 saturated heterocycles. The Morgan fingerprint density at radius 3 is 2.50 bits per heavy atom. The molecule has 0 spiro atoms. The Bertz CT molecular complexity index is 753. The van der Waals surface area contributed by atoms with Crippen LogP contribution in [-0.4, -0.2) is 40.0 Å². The van der Waals surface area contributed by atoms with E-state index in [0.717, 1.165) is 17.3 Å². The summed E-state index contributed by atoms with van der Waals surface area (Å²) in [6.07, 6.45) is 3.18. The normalized spacial score (nSPS) is 15.3. The minimum absolute atomic E-state index is 0.0556. The van der Waals surface area contributed by atoms with Gasteiger partial charge in [-0.15, -0.1) is 0 Å². The predicted octanol–water partition coefficient (Wildman–Crippen LogP) is 3.56. The molecule has 6 heteroatoms. The Kier molecular flexibility index (Phi) is 4.94. The molecule has 0 aliphatic carbocycles. The molecule has 1 amide bonds. The smallest absolute Gasteiger partial charge is 0.354 e. The number of aromatic carboxylic acids is 1. The first-order valence-corrected chi connectivity index (χ1v) is 8.58. The Labute approximate surface area is 148 Å². The van der Waals surface area contributed by atoms with Crippen molar-refractivity contribution in [1.29, 1.82) is 0 Å². The number of carbonyl (C=O) groups excluding carboxylic acids is 1. The van der Waals surface area contributed by atoms with E-state index in [1.54, 1.807) is 0 Å². The largest absolute Gasteiger partial charge is 0.477 e. The topological polar surface area (TPSA) is 70.5 Å². The molecule has 0 radical (unpaired) electrons. The maximum atomic E-state index is 12.5. The summed E-state index contributed by atoms with van der Waals surface area (Å²) in [5, 5.41) is 8.86. The van der Waals surface area contributed by atoms with Crippen molar-refractivity contribution >= 4 is 27.8 Å². The number of amides is 1. The fourth-order valence-electron chi connectivity index (χ4n) is 3.01. The van der Waals surface area contributed by atoms with Crippen molar-refractivity contribution in [2.24, 2.45) is 0 Å². The van der Waals surface area contributed by atoms with Crippen LogP contribution in [0.2, 0.25) is 0 Å². The van der Waals surface area contributed by atoms with Crippen LogP contribution in [-0.2, 0) is 0 Å². The first kappa shape index (κ1) is 16.6. The van der Waals surface area contributed by atoms with Crippen LogP contribution in [0, 0.1) is 0 Å². The lowest BCUT2D eigenvalue weighted by molar-refractivity contribution is 0.0682. The number of halogens is 1. The van der Waals surface area contributed by atoms with Crippen molar-refractivity contribution in [3.05, 3.63) is 63.9 Å². The van der Waals surface area contributed by atoms with Gasteiger partial charge in [0, 0.05) is 23.8 Å². The first-order chi connectivity index (χ1) is 11.5. The molecule has 1 aliphatic rings. The molecule has 1 N–H and O–H groups in total. The number of carboxylic acid groups (broad SMARTS) is 1. The monoisotopic (exact) mass is 388 g/mol. The summed E-state index contributed by atoms with van der Waals surface area (Å²) in [7, 11) is 0. The van der Waals surface area contributed by atoms with Gasteiger partial charge in [0.1, 0.15) is 5.69 Å². The quantitative estimate of drug-likeness (QED) is 0.872. The minimum Gasteiger partial charge on any atom is -0.477 e. The average Bonchev–Trinajstić information content (AvgIpc) is 2.61. The highest BCUT2D eigenvalue weighted by atomic mass is 79.9. The summed E-state index contributed by atoms with van der Waals surface area (Å²) in [6, 6.07) is 11.2. The van der Waals surface area contributed by atoms with Crippen LogP contribution >= 0.6 is 15.9 Å². The Hall–Kier alpha value is -2.21. The van der Waals surface area contributed by atoms with Gasteiger partial charge in [-0.1, -0.05) is 28.1 Å². The maximum Gasteiger partial charge on any atom is 0.354 e. The summed E-state index contributed by atoms with van der Waals surface area (Å²) in [4.78, 5) is 29.0. The lowest BCUT2D eigenvalue weighted by Gasteiger charge is -2.32. The zero-order chi connectivity index (χ0) is 17.1. The molecule has 124 valence electrons. The highest BCUT2D eigenvalue weighted by molar-refractivity contribution is 9.10. The molecule has 0 unspecified atom stereocenters. The third-order valence-electron chi connectivity index (χ3n) is 4.33. The van der Waals surface area contributed by atoms with E-state index in [4.69, 9.17) is 5.11 Å². The highest BCUT2D eigenvalue weighted by Crippen LogP contribution is 2.30. The van der Waals surface area contributed by atoms with Crippen LogP contribution in [0.3, 0.4) is 0 Å². The molecular formula is C18H17BrN2O3. The molecule has 24 heavy (non-hydrogen) atoms. The second-order valence-corrected chi connectivity index (χ2v) is 6.77. The number of piperidine rings is 1. The number of benzene rings is 1. The Morgan fingerprint density at radius 1 is 1.17 bits per heavy atom. The summed E-state index contributed by atoms with van der Waals surface area (Å²) in [5.41, 5.74) is 1.67. The molecular weight excluding hydrogens is 372 g/mol. The lowest BCUT2D eigenvalue weighted by Crippen LogP contribution is -2.38. The maximum absolute atomic E-state index is 12.5. The van der Waals surface area contributed by atoms with Gasteiger partial charge in [-0.3, -0.25) is 4.79 Å². The highest BCUT2D eigenvalue weighted by Gasteiger charge is 2.25. The number of pyridine rings is 1. The van der Waals surface area contributed by atoms with Gasteiger partial charge in [-0.05, 0) is 48.6 Å². The fourth-order valence-corrected chi connectivity index (χ4v) is 3.42. The summed E-state index contributed by atoms with van der Waals surface area (Å²) >= 11 is 3.50. The van der Waals surface area contributed by atoms with Crippen LogP contribution in [0.25, 0.3) is 0 Å². The second-order valence-electron chi connectivity index (χ2n) is 5.86. The van der Waals surface area contributed by atoms with E-state index >= 15 is 0 Å². The molecule has 1 aromatic heterocycles. The first-order valence-electron chi connectivity index (χ1n) is 7.78. The number of likely N-dealkylation sites (tertiary alicyclic amines) is 1. The molecule has 1 aromatic carbocycles. The van der Waals surface area contributed by atoms with E-state index < -0.39 is 5.97 Å². The van der Waals surface area contributed by atoms with Gasteiger partial charge in [0.05, 0.1) is 5.56 Å². The molecule has 2 heterocycles. The molecule has 0 bridgehead atoms. The van der Waals surface area contributed by atoms with Crippen LogP contribution in [0.1, 0.15) is 45.2 Å². The molecule has 1 aliphatic heterocycles. The molecule has 2 aromatic rings. The Balaban J connectivity index is 1.63. The van der Waals surface area contributed by atoms with Gasteiger partial charge < -0.3 is 10.0 Å². The van der Waals surface area contributed by atoms with Crippen LogP contribution < -0.4 is 0 Å². The van der Waals surface area contributed by atoms with Crippen molar-refractivity contribution in [2.45, 2.75) is 18.8 Å². The number of hydrogen-bond acceptors (Lipinski definition) is 3. The number of nitrogens with zero attached hydrogens (tertiary/aromatic N) is 2. The molecule has 0 saturated carbocycles. The van der Waals surface area contributed by atoms with Crippen molar-refractivity contribution in [3.8, 4) is 0 Å². The van der Waals surface area contributed by atoms with Crippen LogP contribution in [0.15, 0.2) is 47.1 Å². The van der Waals surface area contributed by atoms with Gasteiger partial charge in [0.2, 0.25) is 0 Å². The standard InChI is InChI=1S/C18H17BrN2O3/c19-15-3-1-2-13(10-15)12-6-8-21(9-7-12)17(22)14-4-5-16(18(23)24)20-11-14/h1-5,10-12H,6-9H2,(H,23,24).